The fourth-order valence-corrected chi connectivity index (χ4v) is 2.45. The van der Waals surface area contributed by atoms with Crippen molar-refractivity contribution in [2.24, 2.45) is 5.92 Å². The van der Waals surface area contributed by atoms with Gasteiger partial charge in [-0.2, -0.15) is 0 Å². The lowest BCUT2D eigenvalue weighted by molar-refractivity contribution is 0.172. The Morgan fingerprint density at radius 2 is 1.77 bits per heavy atom. The van der Waals surface area contributed by atoms with Crippen LogP contribution in [0.5, 0.6) is 0 Å². The van der Waals surface area contributed by atoms with Gasteiger partial charge in [-0.1, -0.05) is 44.2 Å². The van der Waals surface area contributed by atoms with E-state index >= 15 is 0 Å². The number of carbonyl (C=O) groups is 1. The van der Waals surface area contributed by atoms with Crippen molar-refractivity contribution >= 4 is 6.03 Å². The summed E-state index contributed by atoms with van der Waals surface area (Å²) in [5.74, 6) is 2.97. The van der Waals surface area contributed by atoms with Crippen LogP contribution in [0.4, 0.5) is 4.79 Å². The maximum Gasteiger partial charge on any atom is 0.317 e. The minimum absolute atomic E-state index is 0.0585. The molecule has 0 bridgehead atoms. The van der Waals surface area contributed by atoms with E-state index in [0.29, 0.717) is 0 Å². The Hall–Kier alpha value is -1.95. The van der Waals surface area contributed by atoms with Gasteiger partial charge in [0.15, 0.2) is 0 Å². The molecule has 22 heavy (non-hydrogen) atoms. The highest BCUT2D eigenvalue weighted by atomic mass is 16.2. The van der Waals surface area contributed by atoms with E-state index in [1.165, 1.54) is 5.56 Å². The first-order valence-electron chi connectivity index (χ1n) is 8.09. The number of nitrogens with zero attached hydrogens (tertiary/aromatic N) is 1. The number of rotatable bonds is 2. The van der Waals surface area contributed by atoms with Gasteiger partial charge < -0.3 is 10.2 Å². The molecule has 1 aliphatic rings. The number of carbonyl (C=O) groups excluding carboxylic acids is 1. The number of urea groups is 1. The molecule has 3 heteroatoms. The average Bonchev–Trinajstić information content (AvgIpc) is 2.58. The van der Waals surface area contributed by atoms with Crippen molar-refractivity contribution in [2.45, 2.75) is 40.0 Å². The number of terminal acetylenes is 1. The van der Waals surface area contributed by atoms with E-state index in [0.717, 1.165) is 38.3 Å². The summed E-state index contributed by atoms with van der Waals surface area (Å²) >= 11 is 0. The van der Waals surface area contributed by atoms with Crippen LogP contribution in [0.1, 0.15) is 39.2 Å². The summed E-state index contributed by atoms with van der Waals surface area (Å²) in [5, 5.41) is 2.69. The molecule has 1 fully saturated rings. The Kier molecular flexibility index (Phi) is 11.6. The van der Waals surface area contributed by atoms with Gasteiger partial charge in [0, 0.05) is 20.1 Å². The van der Waals surface area contributed by atoms with Gasteiger partial charge in [-0.15, -0.1) is 12.3 Å². The average molecular weight is 302 g/mol. The van der Waals surface area contributed by atoms with Crippen molar-refractivity contribution in [3.8, 4) is 12.3 Å². The second-order valence-electron chi connectivity index (χ2n) is 4.96. The summed E-state index contributed by atoms with van der Waals surface area (Å²) in [4.78, 5) is 13.4. The normalized spacial score (nSPS) is 13.7. The van der Waals surface area contributed by atoms with Crippen LogP contribution in [-0.4, -0.2) is 31.1 Å². The molecular weight excluding hydrogens is 272 g/mol. The standard InChI is InChI=1S/C14H20N2O.C3H4.C2H6/c1-15-14(17)16-9-7-13(8-10-16)11-12-5-3-2-4-6-12;1-3-2;1-2/h2-6,13H,7-11H2,1H3,(H,15,17);1H,2H3;1-2H3. The molecule has 2 rings (SSSR count). The van der Waals surface area contributed by atoms with Crippen LogP contribution in [-0.2, 0) is 6.42 Å². The van der Waals surface area contributed by atoms with Gasteiger partial charge in [0.2, 0.25) is 0 Å². The summed E-state index contributed by atoms with van der Waals surface area (Å²) in [6.45, 7) is 7.42. The molecule has 0 unspecified atom stereocenters. The highest BCUT2D eigenvalue weighted by Gasteiger charge is 2.21. The molecule has 2 amide bonds. The van der Waals surface area contributed by atoms with Crippen molar-refractivity contribution in [2.75, 3.05) is 20.1 Å². The van der Waals surface area contributed by atoms with Crippen LogP contribution >= 0.6 is 0 Å². The van der Waals surface area contributed by atoms with Crippen LogP contribution in [0.3, 0.4) is 0 Å². The maximum absolute atomic E-state index is 11.4. The van der Waals surface area contributed by atoms with E-state index in [9.17, 15) is 4.79 Å². The molecular formula is C19H30N2O. The van der Waals surface area contributed by atoms with E-state index in [2.05, 4.69) is 48.0 Å². The minimum Gasteiger partial charge on any atom is -0.341 e. The molecule has 0 saturated carbocycles. The van der Waals surface area contributed by atoms with Gasteiger partial charge >= 0.3 is 6.03 Å². The Morgan fingerprint density at radius 3 is 2.23 bits per heavy atom. The summed E-state index contributed by atoms with van der Waals surface area (Å²) in [5.41, 5.74) is 1.41. The number of amides is 2. The zero-order valence-corrected chi connectivity index (χ0v) is 14.4. The SMILES string of the molecule is C#CC.CC.CNC(=O)N1CCC(Cc2ccccc2)CC1. The van der Waals surface area contributed by atoms with Gasteiger partial charge in [0.05, 0.1) is 0 Å². The predicted molar refractivity (Wildman–Crippen MR) is 94.8 cm³/mol. The Bertz CT molecular complexity index is 428. The van der Waals surface area contributed by atoms with E-state index in [-0.39, 0.29) is 6.03 Å². The number of benzene rings is 1. The predicted octanol–water partition coefficient (Wildman–Crippen LogP) is 3.95. The smallest absolute Gasteiger partial charge is 0.317 e. The number of hydrogen-bond acceptors (Lipinski definition) is 1. The lowest BCUT2D eigenvalue weighted by atomic mass is 9.90. The van der Waals surface area contributed by atoms with Crippen LogP contribution < -0.4 is 5.32 Å². The quantitative estimate of drug-likeness (QED) is 0.824. The second kappa shape index (κ2) is 12.8. The van der Waals surface area contributed by atoms with Crippen molar-refractivity contribution in [3.63, 3.8) is 0 Å². The topological polar surface area (TPSA) is 32.3 Å². The Labute approximate surface area is 136 Å². The van der Waals surface area contributed by atoms with Crippen LogP contribution in [0.2, 0.25) is 0 Å². The molecule has 3 nitrogen and oxygen atoms in total. The fourth-order valence-electron chi connectivity index (χ4n) is 2.45. The lowest BCUT2D eigenvalue weighted by Crippen LogP contribution is -2.43. The van der Waals surface area contributed by atoms with Gasteiger partial charge in [0.25, 0.3) is 0 Å². The van der Waals surface area contributed by atoms with Crippen molar-refractivity contribution < 1.29 is 4.79 Å². The highest BCUT2D eigenvalue weighted by molar-refractivity contribution is 5.73. The largest absolute Gasteiger partial charge is 0.341 e. The number of likely N-dealkylation sites (tertiary alicyclic amines) is 1. The summed E-state index contributed by atoms with van der Waals surface area (Å²) in [6, 6.07) is 10.7. The molecule has 0 atom stereocenters. The third-order valence-corrected chi connectivity index (χ3v) is 3.48. The molecule has 1 N–H and O–H groups in total. The monoisotopic (exact) mass is 302 g/mol. The van der Waals surface area contributed by atoms with E-state index in [1.807, 2.05) is 18.7 Å². The van der Waals surface area contributed by atoms with E-state index in [1.54, 1.807) is 14.0 Å². The zero-order chi connectivity index (χ0) is 16.8. The first kappa shape index (κ1) is 20.1. The molecule has 0 spiro atoms. The van der Waals surface area contributed by atoms with Gasteiger partial charge in [-0.3, -0.25) is 0 Å². The number of hydrogen-bond donors (Lipinski definition) is 1. The first-order valence-corrected chi connectivity index (χ1v) is 8.09. The fraction of sp³-hybridized carbons (Fsp3) is 0.526. The summed E-state index contributed by atoms with van der Waals surface area (Å²) in [7, 11) is 1.69. The third kappa shape index (κ3) is 7.73. The van der Waals surface area contributed by atoms with Gasteiger partial charge in [0.1, 0.15) is 0 Å². The minimum atomic E-state index is 0.0585. The van der Waals surface area contributed by atoms with Crippen LogP contribution in [0.15, 0.2) is 30.3 Å². The maximum atomic E-state index is 11.4. The van der Waals surface area contributed by atoms with Crippen molar-refractivity contribution in [3.05, 3.63) is 35.9 Å². The van der Waals surface area contributed by atoms with Gasteiger partial charge in [-0.05, 0) is 37.7 Å². The molecule has 1 aromatic carbocycles. The molecule has 1 heterocycles. The zero-order valence-electron chi connectivity index (χ0n) is 14.4. The lowest BCUT2D eigenvalue weighted by Gasteiger charge is -2.31. The van der Waals surface area contributed by atoms with Crippen molar-refractivity contribution in [1.82, 2.24) is 10.2 Å². The van der Waals surface area contributed by atoms with E-state index < -0.39 is 0 Å². The molecule has 122 valence electrons. The Morgan fingerprint density at radius 1 is 1.27 bits per heavy atom. The summed E-state index contributed by atoms with van der Waals surface area (Å²) < 4.78 is 0. The Balaban J connectivity index is 0.000000789. The number of piperidine rings is 1. The highest BCUT2D eigenvalue weighted by Crippen LogP contribution is 2.21. The van der Waals surface area contributed by atoms with Crippen molar-refractivity contribution in [1.29, 1.82) is 0 Å². The van der Waals surface area contributed by atoms with Crippen LogP contribution in [0, 0.1) is 18.3 Å². The molecule has 0 aliphatic carbocycles. The summed E-state index contributed by atoms with van der Waals surface area (Å²) in [6.07, 6.45) is 7.97. The molecule has 1 saturated heterocycles. The van der Waals surface area contributed by atoms with Gasteiger partial charge in [-0.25, -0.2) is 4.79 Å². The second-order valence-corrected chi connectivity index (χ2v) is 4.96. The van der Waals surface area contributed by atoms with E-state index in [4.69, 9.17) is 0 Å². The molecule has 1 aromatic rings. The molecule has 1 aliphatic heterocycles. The number of nitrogens with one attached hydrogen (secondary N) is 1. The molecule has 0 radical (unpaired) electrons. The third-order valence-electron chi connectivity index (χ3n) is 3.48. The molecule has 0 aromatic heterocycles. The van der Waals surface area contributed by atoms with Crippen LogP contribution in [0.25, 0.3) is 0 Å². The first-order chi connectivity index (χ1) is 10.7.